The highest BCUT2D eigenvalue weighted by Crippen LogP contribution is 2.29. The van der Waals surface area contributed by atoms with E-state index in [-0.39, 0.29) is 24.5 Å². The summed E-state index contributed by atoms with van der Waals surface area (Å²) < 4.78 is 10.5. The first kappa shape index (κ1) is 18.5. The molecule has 0 aromatic rings. The summed E-state index contributed by atoms with van der Waals surface area (Å²) >= 11 is 0. The normalized spacial score (nSPS) is 18.1. The minimum Gasteiger partial charge on any atom is -0.466 e. The zero-order valence-electron chi connectivity index (χ0n) is 14.7. The Morgan fingerprint density at radius 1 is 1.23 bits per heavy atom. The molecule has 0 N–H and O–H groups in total. The summed E-state index contributed by atoms with van der Waals surface area (Å²) in [7, 11) is 0. The maximum absolute atomic E-state index is 12.4. The van der Waals surface area contributed by atoms with E-state index in [4.69, 9.17) is 9.47 Å². The molecule has 1 heterocycles. The van der Waals surface area contributed by atoms with Gasteiger partial charge in [0.05, 0.1) is 19.1 Å². The van der Waals surface area contributed by atoms with E-state index in [0.29, 0.717) is 13.2 Å². The number of esters is 1. The zero-order valence-corrected chi connectivity index (χ0v) is 14.7. The molecule has 0 radical (unpaired) electrons. The fourth-order valence-electron chi connectivity index (χ4n) is 2.66. The lowest BCUT2D eigenvalue weighted by molar-refractivity contribution is -0.142. The smallest absolute Gasteiger partial charge is 0.410 e. The average Bonchev–Trinajstić information content (AvgIpc) is 2.82. The molecule has 0 bridgehead atoms. The standard InChI is InChI=1S/C17H29NO4/c1-7-21-15(19)11-13(12(2)3)14-9-8-10-18(14)16(20)22-17(4,5)6/h14H,7-11H2,1-6H3. The lowest BCUT2D eigenvalue weighted by atomic mass is 9.97. The van der Waals surface area contributed by atoms with E-state index in [1.807, 2.05) is 34.6 Å². The molecule has 1 rings (SSSR count). The molecule has 0 aliphatic carbocycles. The molecule has 126 valence electrons. The number of ether oxygens (including phenoxy) is 2. The lowest BCUT2D eigenvalue weighted by Gasteiger charge is -2.30. The molecule has 22 heavy (non-hydrogen) atoms. The van der Waals surface area contributed by atoms with Crippen molar-refractivity contribution in [2.24, 2.45) is 0 Å². The van der Waals surface area contributed by atoms with Gasteiger partial charge in [-0.25, -0.2) is 4.79 Å². The third-order valence-corrected chi connectivity index (χ3v) is 3.57. The van der Waals surface area contributed by atoms with Gasteiger partial charge in [-0.3, -0.25) is 4.79 Å². The minimum absolute atomic E-state index is 0.0655. The van der Waals surface area contributed by atoms with Crippen LogP contribution in [0.2, 0.25) is 0 Å². The Kier molecular flexibility index (Phi) is 6.45. The summed E-state index contributed by atoms with van der Waals surface area (Å²) in [5.41, 5.74) is 1.52. The molecule has 1 amide bonds. The van der Waals surface area contributed by atoms with Crippen LogP contribution in [0.15, 0.2) is 11.1 Å². The molecular formula is C17H29NO4. The molecule has 0 saturated carbocycles. The van der Waals surface area contributed by atoms with Crippen LogP contribution in [0.1, 0.15) is 60.8 Å². The second kappa shape index (κ2) is 7.65. The number of allylic oxidation sites excluding steroid dienone is 1. The SMILES string of the molecule is CCOC(=O)CC(=C(C)C)C1CCCN1C(=O)OC(C)(C)C. The monoisotopic (exact) mass is 311 g/mol. The van der Waals surface area contributed by atoms with Crippen molar-refractivity contribution in [3.05, 3.63) is 11.1 Å². The van der Waals surface area contributed by atoms with Crippen LogP contribution < -0.4 is 0 Å². The van der Waals surface area contributed by atoms with Crippen molar-refractivity contribution in [2.75, 3.05) is 13.2 Å². The van der Waals surface area contributed by atoms with Crippen LogP contribution >= 0.6 is 0 Å². The number of carbonyl (C=O) groups is 2. The van der Waals surface area contributed by atoms with Gasteiger partial charge in [0.15, 0.2) is 0 Å². The van der Waals surface area contributed by atoms with Gasteiger partial charge in [-0.15, -0.1) is 0 Å². The Balaban J connectivity index is 2.88. The Labute approximate surface area is 133 Å². The quantitative estimate of drug-likeness (QED) is 0.587. The summed E-state index contributed by atoms with van der Waals surface area (Å²) in [4.78, 5) is 25.9. The average molecular weight is 311 g/mol. The summed E-state index contributed by atoms with van der Waals surface area (Å²) in [6, 6.07) is -0.0655. The highest BCUT2D eigenvalue weighted by molar-refractivity contribution is 5.74. The molecule has 1 fully saturated rings. The zero-order chi connectivity index (χ0) is 16.9. The van der Waals surface area contributed by atoms with E-state index in [0.717, 1.165) is 24.0 Å². The highest BCUT2D eigenvalue weighted by Gasteiger charge is 2.35. The van der Waals surface area contributed by atoms with Gasteiger partial charge < -0.3 is 14.4 Å². The first-order valence-electron chi connectivity index (χ1n) is 7.97. The van der Waals surface area contributed by atoms with Gasteiger partial charge >= 0.3 is 12.1 Å². The van der Waals surface area contributed by atoms with Gasteiger partial charge in [0.1, 0.15) is 5.60 Å². The number of nitrogens with zero attached hydrogens (tertiary/aromatic N) is 1. The van der Waals surface area contributed by atoms with Crippen LogP contribution in [0.5, 0.6) is 0 Å². The predicted octanol–water partition coefficient (Wildman–Crippen LogP) is 3.68. The first-order chi connectivity index (χ1) is 10.2. The van der Waals surface area contributed by atoms with Crippen molar-refractivity contribution in [1.29, 1.82) is 0 Å². The molecule has 0 aromatic heterocycles. The van der Waals surface area contributed by atoms with Gasteiger partial charge in [0.25, 0.3) is 0 Å². The van der Waals surface area contributed by atoms with Gasteiger partial charge in [-0.2, -0.15) is 0 Å². The van der Waals surface area contributed by atoms with Gasteiger partial charge in [0, 0.05) is 6.54 Å². The van der Waals surface area contributed by atoms with Crippen LogP contribution in [0.25, 0.3) is 0 Å². The molecule has 1 saturated heterocycles. The van der Waals surface area contributed by atoms with Gasteiger partial charge in [0.2, 0.25) is 0 Å². The molecule has 1 unspecified atom stereocenters. The molecule has 5 nitrogen and oxygen atoms in total. The number of carbonyl (C=O) groups excluding carboxylic acids is 2. The number of hydrogen-bond acceptors (Lipinski definition) is 4. The molecule has 1 aliphatic heterocycles. The topological polar surface area (TPSA) is 55.8 Å². The first-order valence-corrected chi connectivity index (χ1v) is 7.97. The molecule has 5 heteroatoms. The summed E-state index contributed by atoms with van der Waals surface area (Å²) in [5, 5.41) is 0. The highest BCUT2D eigenvalue weighted by atomic mass is 16.6. The Hall–Kier alpha value is -1.52. The molecule has 0 aromatic carbocycles. The van der Waals surface area contributed by atoms with E-state index < -0.39 is 5.60 Å². The number of hydrogen-bond donors (Lipinski definition) is 0. The van der Waals surface area contributed by atoms with Crippen LogP contribution in [0.3, 0.4) is 0 Å². The van der Waals surface area contributed by atoms with Crippen LogP contribution in [0, 0.1) is 0 Å². The fraction of sp³-hybridized carbons (Fsp3) is 0.765. The lowest BCUT2D eigenvalue weighted by Crippen LogP contribution is -2.41. The molecule has 1 aliphatic rings. The summed E-state index contributed by atoms with van der Waals surface area (Å²) in [5.74, 6) is -0.241. The molecule has 0 spiro atoms. The number of likely N-dealkylation sites (tertiary alicyclic amines) is 1. The van der Waals surface area contributed by atoms with Crippen molar-refractivity contribution < 1.29 is 19.1 Å². The third kappa shape index (κ3) is 5.35. The van der Waals surface area contributed by atoms with Gasteiger partial charge in [-0.1, -0.05) is 5.57 Å². The van der Waals surface area contributed by atoms with E-state index in [1.165, 1.54) is 0 Å². The van der Waals surface area contributed by atoms with Crippen molar-refractivity contribution in [3.63, 3.8) is 0 Å². The van der Waals surface area contributed by atoms with E-state index in [9.17, 15) is 9.59 Å². The fourth-order valence-corrected chi connectivity index (χ4v) is 2.66. The summed E-state index contributed by atoms with van der Waals surface area (Å²) in [6.45, 7) is 12.3. The summed E-state index contributed by atoms with van der Waals surface area (Å²) in [6.07, 6.45) is 1.71. The Morgan fingerprint density at radius 2 is 1.86 bits per heavy atom. The maximum Gasteiger partial charge on any atom is 0.410 e. The number of amides is 1. The van der Waals surface area contributed by atoms with Crippen LogP contribution in [0.4, 0.5) is 4.79 Å². The Bertz CT molecular complexity index is 444. The largest absolute Gasteiger partial charge is 0.466 e. The van der Waals surface area contributed by atoms with Crippen molar-refractivity contribution in [3.8, 4) is 0 Å². The van der Waals surface area contributed by atoms with Crippen LogP contribution in [-0.4, -0.2) is 41.8 Å². The Morgan fingerprint density at radius 3 is 2.36 bits per heavy atom. The van der Waals surface area contributed by atoms with E-state index in [2.05, 4.69) is 0 Å². The van der Waals surface area contributed by atoms with Crippen molar-refractivity contribution >= 4 is 12.1 Å². The third-order valence-electron chi connectivity index (χ3n) is 3.57. The maximum atomic E-state index is 12.4. The van der Waals surface area contributed by atoms with E-state index >= 15 is 0 Å². The molecule has 1 atom stereocenters. The van der Waals surface area contributed by atoms with Gasteiger partial charge in [-0.05, 0) is 60.0 Å². The molecular weight excluding hydrogens is 282 g/mol. The minimum atomic E-state index is -0.517. The second-order valence-electron chi connectivity index (χ2n) is 6.84. The predicted molar refractivity (Wildman–Crippen MR) is 85.6 cm³/mol. The van der Waals surface area contributed by atoms with E-state index in [1.54, 1.807) is 11.8 Å². The number of rotatable bonds is 4. The van der Waals surface area contributed by atoms with Crippen molar-refractivity contribution in [1.82, 2.24) is 4.90 Å². The van der Waals surface area contributed by atoms with Crippen LogP contribution in [-0.2, 0) is 14.3 Å². The second-order valence-corrected chi connectivity index (χ2v) is 6.84. The van der Waals surface area contributed by atoms with Crippen molar-refractivity contribution in [2.45, 2.75) is 72.4 Å².